The van der Waals surface area contributed by atoms with Crippen molar-refractivity contribution >= 4 is 44.9 Å². The molecule has 1 aromatic carbocycles. The van der Waals surface area contributed by atoms with E-state index in [0.717, 1.165) is 10.9 Å². The van der Waals surface area contributed by atoms with E-state index in [0.29, 0.717) is 10.7 Å². The van der Waals surface area contributed by atoms with Crippen molar-refractivity contribution in [3.63, 3.8) is 0 Å². The summed E-state index contributed by atoms with van der Waals surface area (Å²) in [5.41, 5.74) is 2.60. The maximum atomic E-state index is 12.1. The number of nitrogens with one attached hydrogen (secondary N) is 1. The molecular formula is C12H7ClN4OS. The Hall–Kier alpha value is -2.05. The van der Waals surface area contributed by atoms with Crippen molar-refractivity contribution in [3.8, 4) is 0 Å². The highest BCUT2D eigenvalue weighted by Crippen LogP contribution is 2.21. The third-order valence-corrected chi connectivity index (χ3v) is 3.40. The molecule has 0 unspecified atom stereocenters. The lowest BCUT2D eigenvalue weighted by Crippen LogP contribution is -2.13. The van der Waals surface area contributed by atoms with Crippen LogP contribution in [-0.4, -0.2) is 21.1 Å². The Morgan fingerprint density at radius 1 is 1.32 bits per heavy atom. The molecule has 0 aliphatic heterocycles. The highest BCUT2D eigenvalue weighted by molar-refractivity contribution is 7.13. The van der Waals surface area contributed by atoms with Gasteiger partial charge in [-0.3, -0.25) is 10.1 Å². The van der Waals surface area contributed by atoms with Crippen LogP contribution in [0, 0.1) is 0 Å². The quantitative estimate of drug-likeness (QED) is 0.737. The fraction of sp³-hybridized carbons (Fsp3) is 0. The number of carbonyl (C=O) groups excluding carboxylic acids is 1. The standard InChI is InChI=1S/C12H7ClN4OS/c13-10-8(11(18)16-12-17-14-6-19-12)5-7-3-1-2-4-9(7)15-10/h1-6H,(H,16,17,18). The number of amides is 1. The van der Waals surface area contributed by atoms with Gasteiger partial charge < -0.3 is 0 Å². The Labute approximate surface area is 117 Å². The van der Waals surface area contributed by atoms with Gasteiger partial charge in [0.15, 0.2) is 0 Å². The molecule has 0 aliphatic carbocycles. The molecule has 0 saturated carbocycles. The van der Waals surface area contributed by atoms with Crippen LogP contribution >= 0.6 is 22.9 Å². The van der Waals surface area contributed by atoms with Crippen molar-refractivity contribution in [2.24, 2.45) is 0 Å². The zero-order chi connectivity index (χ0) is 13.2. The summed E-state index contributed by atoms with van der Waals surface area (Å²) in [7, 11) is 0. The van der Waals surface area contributed by atoms with E-state index in [-0.39, 0.29) is 11.1 Å². The summed E-state index contributed by atoms with van der Waals surface area (Å²) < 4.78 is 0. The number of rotatable bonds is 2. The van der Waals surface area contributed by atoms with Crippen molar-refractivity contribution in [2.45, 2.75) is 0 Å². The molecule has 3 aromatic rings. The predicted molar refractivity (Wildman–Crippen MR) is 74.6 cm³/mol. The summed E-state index contributed by atoms with van der Waals surface area (Å²) >= 11 is 7.27. The molecule has 0 aliphatic rings. The number of benzene rings is 1. The first-order valence-electron chi connectivity index (χ1n) is 5.37. The van der Waals surface area contributed by atoms with Gasteiger partial charge in [0.2, 0.25) is 5.13 Å². The van der Waals surface area contributed by atoms with E-state index in [2.05, 4.69) is 20.5 Å². The zero-order valence-corrected chi connectivity index (χ0v) is 11.1. The second-order valence-electron chi connectivity index (χ2n) is 3.72. The molecular weight excluding hydrogens is 284 g/mol. The molecule has 19 heavy (non-hydrogen) atoms. The molecule has 0 atom stereocenters. The lowest BCUT2D eigenvalue weighted by atomic mass is 10.1. The van der Waals surface area contributed by atoms with Gasteiger partial charge in [-0.15, -0.1) is 10.2 Å². The van der Waals surface area contributed by atoms with Gasteiger partial charge in [-0.25, -0.2) is 4.98 Å². The van der Waals surface area contributed by atoms with Crippen LogP contribution in [0.4, 0.5) is 5.13 Å². The van der Waals surface area contributed by atoms with Gasteiger partial charge in [-0.05, 0) is 12.1 Å². The van der Waals surface area contributed by atoms with Gasteiger partial charge in [0, 0.05) is 5.39 Å². The maximum Gasteiger partial charge on any atom is 0.260 e. The molecule has 2 heterocycles. The van der Waals surface area contributed by atoms with E-state index >= 15 is 0 Å². The molecule has 0 saturated heterocycles. The van der Waals surface area contributed by atoms with Crippen molar-refractivity contribution in [1.82, 2.24) is 15.2 Å². The normalized spacial score (nSPS) is 10.6. The van der Waals surface area contributed by atoms with Gasteiger partial charge in [0.1, 0.15) is 10.7 Å². The first kappa shape index (κ1) is 12.0. The van der Waals surface area contributed by atoms with E-state index in [4.69, 9.17) is 11.6 Å². The van der Waals surface area contributed by atoms with Crippen LogP contribution in [0.15, 0.2) is 35.8 Å². The first-order valence-corrected chi connectivity index (χ1v) is 6.62. The first-order chi connectivity index (χ1) is 9.24. The minimum atomic E-state index is -0.347. The van der Waals surface area contributed by atoms with E-state index in [1.54, 1.807) is 6.07 Å². The lowest BCUT2D eigenvalue weighted by molar-refractivity contribution is 0.102. The monoisotopic (exact) mass is 290 g/mol. The van der Waals surface area contributed by atoms with Gasteiger partial charge in [0.05, 0.1) is 11.1 Å². The third kappa shape index (κ3) is 2.40. The molecule has 7 heteroatoms. The lowest BCUT2D eigenvalue weighted by Gasteiger charge is -2.05. The van der Waals surface area contributed by atoms with Gasteiger partial charge in [-0.2, -0.15) is 0 Å². The van der Waals surface area contributed by atoms with E-state index in [9.17, 15) is 4.79 Å². The van der Waals surface area contributed by atoms with Gasteiger partial charge in [-0.1, -0.05) is 41.1 Å². The molecule has 0 bridgehead atoms. The highest BCUT2D eigenvalue weighted by Gasteiger charge is 2.14. The smallest absolute Gasteiger partial charge is 0.260 e. The predicted octanol–water partition coefficient (Wildman–Crippen LogP) is 2.99. The number of aromatic nitrogens is 3. The minimum absolute atomic E-state index is 0.167. The van der Waals surface area contributed by atoms with Crippen molar-refractivity contribution < 1.29 is 4.79 Å². The van der Waals surface area contributed by atoms with E-state index in [1.807, 2.05) is 24.3 Å². The zero-order valence-electron chi connectivity index (χ0n) is 9.50. The minimum Gasteiger partial charge on any atom is -0.296 e. The SMILES string of the molecule is O=C(Nc1nncs1)c1cc2ccccc2nc1Cl. The number of nitrogens with zero attached hydrogens (tertiary/aromatic N) is 3. The summed E-state index contributed by atoms with van der Waals surface area (Å²) in [5, 5.41) is 11.5. The Balaban J connectivity index is 1.99. The highest BCUT2D eigenvalue weighted by atomic mass is 35.5. The number of fused-ring (bicyclic) bond motifs is 1. The number of para-hydroxylation sites is 1. The molecule has 1 amide bonds. The van der Waals surface area contributed by atoms with Gasteiger partial charge in [0.25, 0.3) is 5.91 Å². The molecule has 0 radical (unpaired) electrons. The molecule has 0 spiro atoms. The summed E-state index contributed by atoms with van der Waals surface area (Å²) in [5.74, 6) is -0.347. The molecule has 5 nitrogen and oxygen atoms in total. The summed E-state index contributed by atoms with van der Waals surface area (Å²) in [6, 6.07) is 9.17. The van der Waals surface area contributed by atoms with E-state index in [1.165, 1.54) is 16.8 Å². The number of halogens is 1. The van der Waals surface area contributed by atoms with Crippen LogP contribution < -0.4 is 5.32 Å². The van der Waals surface area contributed by atoms with E-state index < -0.39 is 0 Å². The Bertz CT molecular complexity index is 745. The van der Waals surface area contributed by atoms with Crippen molar-refractivity contribution in [2.75, 3.05) is 5.32 Å². The fourth-order valence-electron chi connectivity index (χ4n) is 1.64. The Morgan fingerprint density at radius 2 is 2.16 bits per heavy atom. The van der Waals surface area contributed by atoms with Crippen molar-refractivity contribution in [1.29, 1.82) is 0 Å². The second kappa shape index (κ2) is 4.91. The molecule has 1 N–H and O–H groups in total. The number of hydrogen-bond donors (Lipinski definition) is 1. The average Bonchev–Trinajstić information content (AvgIpc) is 2.90. The number of pyridine rings is 1. The van der Waals surface area contributed by atoms with Crippen LogP contribution in [0.25, 0.3) is 10.9 Å². The van der Waals surface area contributed by atoms with Crippen LogP contribution in [0.3, 0.4) is 0 Å². The number of carbonyl (C=O) groups is 1. The Kier molecular flexibility index (Phi) is 3.10. The van der Waals surface area contributed by atoms with Crippen LogP contribution in [0.5, 0.6) is 0 Å². The van der Waals surface area contributed by atoms with Crippen LogP contribution in [-0.2, 0) is 0 Å². The summed E-state index contributed by atoms with van der Waals surface area (Å²) in [6.45, 7) is 0. The third-order valence-electron chi connectivity index (χ3n) is 2.50. The molecule has 2 aromatic heterocycles. The van der Waals surface area contributed by atoms with Crippen LogP contribution in [0.1, 0.15) is 10.4 Å². The van der Waals surface area contributed by atoms with Crippen LogP contribution in [0.2, 0.25) is 5.15 Å². The Morgan fingerprint density at radius 3 is 2.95 bits per heavy atom. The number of anilines is 1. The fourth-order valence-corrected chi connectivity index (χ4v) is 2.32. The molecule has 0 fully saturated rings. The average molecular weight is 291 g/mol. The molecule has 3 rings (SSSR count). The second-order valence-corrected chi connectivity index (χ2v) is 4.91. The molecule has 94 valence electrons. The number of hydrogen-bond acceptors (Lipinski definition) is 5. The maximum absolute atomic E-state index is 12.1. The topological polar surface area (TPSA) is 67.8 Å². The largest absolute Gasteiger partial charge is 0.296 e. The van der Waals surface area contributed by atoms with Crippen molar-refractivity contribution in [3.05, 3.63) is 46.6 Å². The summed E-state index contributed by atoms with van der Waals surface area (Å²) in [4.78, 5) is 16.3. The van der Waals surface area contributed by atoms with Gasteiger partial charge >= 0.3 is 0 Å². The summed E-state index contributed by atoms with van der Waals surface area (Å²) in [6.07, 6.45) is 0.